The molecule has 0 spiro atoms. The molecule has 0 radical (unpaired) electrons. The van der Waals surface area contributed by atoms with Crippen molar-refractivity contribution in [1.82, 2.24) is 0 Å². The quantitative estimate of drug-likeness (QED) is 0.552. The summed E-state index contributed by atoms with van der Waals surface area (Å²) in [6.07, 6.45) is -0.459. The van der Waals surface area contributed by atoms with Crippen LogP contribution in [-0.4, -0.2) is 34.7 Å². The maximum atomic E-state index is 12.6. The number of benzene rings is 3. The minimum absolute atomic E-state index is 0.0193. The van der Waals surface area contributed by atoms with Gasteiger partial charge in [0.1, 0.15) is 12.4 Å². The first-order chi connectivity index (χ1) is 13.5. The molecule has 0 bridgehead atoms. The number of carbonyl (C=O) groups is 2. The predicted molar refractivity (Wildman–Crippen MR) is 107 cm³/mol. The third-order valence-corrected chi connectivity index (χ3v) is 4.48. The number of aliphatic carboxylic acids is 1. The summed E-state index contributed by atoms with van der Waals surface area (Å²) >= 11 is 0. The van der Waals surface area contributed by atoms with Crippen LogP contribution >= 0.6 is 0 Å². The Hall–Kier alpha value is -3.18. The van der Waals surface area contributed by atoms with Gasteiger partial charge in [-0.3, -0.25) is 9.59 Å². The van der Waals surface area contributed by atoms with Crippen molar-refractivity contribution in [3.05, 3.63) is 77.9 Å². The summed E-state index contributed by atoms with van der Waals surface area (Å²) < 4.78 is 5.58. The standard InChI is InChI=1S/C23H22O5/c24-20(9-11-23(26)27)15-28-21-10-8-17-6-7-18(13-19(17)14-21)22(25)12-16-4-2-1-3-5-16/h1-8,10,13-14,20,24H,9,11-12,15H2,(H,26,27). The fraction of sp³-hybridized carbons (Fsp3) is 0.217. The number of rotatable bonds is 9. The third kappa shape index (κ3) is 5.41. The van der Waals surface area contributed by atoms with E-state index in [2.05, 4.69) is 0 Å². The highest BCUT2D eigenvalue weighted by molar-refractivity contribution is 6.01. The molecule has 2 N–H and O–H groups in total. The van der Waals surface area contributed by atoms with Crippen molar-refractivity contribution in [2.75, 3.05) is 6.61 Å². The van der Waals surface area contributed by atoms with Gasteiger partial charge < -0.3 is 14.9 Å². The molecular formula is C23H22O5. The lowest BCUT2D eigenvalue weighted by molar-refractivity contribution is -0.137. The number of ether oxygens (including phenoxy) is 1. The van der Waals surface area contributed by atoms with Crippen LogP contribution < -0.4 is 4.74 Å². The summed E-state index contributed by atoms with van der Waals surface area (Å²) in [5.41, 5.74) is 1.61. The normalized spacial score (nSPS) is 11.9. The average molecular weight is 378 g/mol. The zero-order chi connectivity index (χ0) is 19.9. The molecule has 0 fully saturated rings. The fourth-order valence-corrected chi connectivity index (χ4v) is 2.94. The van der Waals surface area contributed by atoms with Crippen LogP contribution in [0, 0.1) is 0 Å². The molecule has 28 heavy (non-hydrogen) atoms. The number of ketones is 1. The number of Topliss-reactive ketones (excluding diaryl/α,β-unsaturated/α-hetero) is 1. The van der Waals surface area contributed by atoms with Crippen LogP contribution in [0.1, 0.15) is 28.8 Å². The largest absolute Gasteiger partial charge is 0.491 e. The van der Waals surface area contributed by atoms with Crippen molar-refractivity contribution in [3.63, 3.8) is 0 Å². The van der Waals surface area contributed by atoms with Gasteiger partial charge in [0.15, 0.2) is 5.78 Å². The highest BCUT2D eigenvalue weighted by Crippen LogP contribution is 2.23. The lowest BCUT2D eigenvalue weighted by atomic mass is 10.00. The van der Waals surface area contributed by atoms with E-state index in [0.29, 0.717) is 17.7 Å². The second-order valence-electron chi connectivity index (χ2n) is 6.71. The van der Waals surface area contributed by atoms with E-state index in [4.69, 9.17) is 9.84 Å². The zero-order valence-corrected chi connectivity index (χ0v) is 15.4. The van der Waals surface area contributed by atoms with Gasteiger partial charge in [0, 0.05) is 18.4 Å². The number of aliphatic hydroxyl groups excluding tert-OH is 1. The molecule has 0 aliphatic rings. The van der Waals surface area contributed by atoms with E-state index in [-0.39, 0.29) is 25.2 Å². The third-order valence-electron chi connectivity index (χ3n) is 4.48. The van der Waals surface area contributed by atoms with Crippen LogP contribution in [0.25, 0.3) is 10.8 Å². The van der Waals surface area contributed by atoms with Crippen molar-refractivity contribution in [3.8, 4) is 5.75 Å². The minimum atomic E-state index is -0.947. The molecule has 1 atom stereocenters. The van der Waals surface area contributed by atoms with Crippen LogP contribution in [0.3, 0.4) is 0 Å². The first-order valence-corrected chi connectivity index (χ1v) is 9.15. The highest BCUT2D eigenvalue weighted by atomic mass is 16.5. The Kier molecular flexibility index (Phi) is 6.40. The van der Waals surface area contributed by atoms with Gasteiger partial charge in [0.2, 0.25) is 0 Å². The first-order valence-electron chi connectivity index (χ1n) is 9.15. The van der Waals surface area contributed by atoms with Crippen LogP contribution in [0.4, 0.5) is 0 Å². The molecule has 5 heteroatoms. The molecule has 0 saturated carbocycles. The zero-order valence-electron chi connectivity index (χ0n) is 15.4. The van der Waals surface area contributed by atoms with Crippen molar-refractivity contribution in [1.29, 1.82) is 0 Å². The van der Waals surface area contributed by atoms with Crippen LogP contribution in [0.2, 0.25) is 0 Å². The summed E-state index contributed by atoms with van der Waals surface area (Å²) in [6, 6.07) is 20.7. The van der Waals surface area contributed by atoms with E-state index in [9.17, 15) is 14.7 Å². The number of carbonyl (C=O) groups excluding carboxylic acids is 1. The predicted octanol–water partition coefficient (Wildman–Crippen LogP) is 3.87. The van der Waals surface area contributed by atoms with Gasteiger partial charge in [-0.1, -0.05) is 48.5 Å². The number of hydrogen-bond donors (Lipinski definition) is 2. The smallest absolute Gasteiger partial charge is 0.303 e. The Morgan fingerprint density at radius 3 is 2.43 bits per heavy atom. The molecule has 0 heterocycles. The number of aliphatic hydroxyl groups is 1. The van der Waals surface area contributed by atoms with E-state index in [1.807, 2.05) is 60.7 Å². The monoisotopic (exact) mass is 378 g/mol. The Bertz CT molecular complexity index is 965. The van der Waals surface area contributed by atoms with E-state index < -0.39 is 12.1 Å². The molecule has 0 saturated heterocycles. The van der Waals surface area contributed by atoms with Gasteiger partial charge in [-0.25, -0.2) is 0 Å². The second kappa shape index (κ2) is 9.15. The van der Waals surface area contributed by atoms with E-state index in [1.54, 1.807) is 6.07 Å². The maximum absolute atomic E-state index is 12.6. The van der Waals surface area contributed by atoms with Gasteiger partial charge in [-0.15, -0.1) is 0 Å². The summed E-state index contributed by atoms with van der Waals surface area (Å²) in [6.45, 7) is 0.0193. The lowest BCUT2D eigenvalue weighted by Crippen LogP contribution is -2.18. The molecule has 144 valence electrons. The molecule has 3 rings (SSSR count). The van der Waals surface area contributed by atoms with Crippen molar-refractivity contribution in [2.24, 2.45) is 0 Å². The molecule has 0 aliphatic carbocycles. The Labute approximate surface area is 163 Å². The molecule has 3 aromatic carbocycles. The maximum Gasteiger partial charge on any atom is 0.303 e. The van der Waals surface area contributed by atoms with E-state index in [0.717, 1.165) is 16.3 Å². The van der Waals surface area contributed by atoms with Crippen LogP contribution in [0.15, 0.2) is 66.7 Å². The minimum Gasteiger partial charge on any atom is -0.491 e. The molecule has 0 aromatic heterocycles. The van der Waals surface area contributed by atoms with Crippen LogP contribution in [0.5, 0.6) is 5.75 Å². The van der Waals surface area contributed by atoms with Crippen molar-refractivity contribution in [2.45, 2.75) is 25.4 Å². The Morgan fingerprint density at radius 2 is 1.68 bits per heavy atom. The lowest BCUT2D eigenvalue weighted by Gasteiger charge is -2.12. The van der Waals surface area contributed by atoms with Gasteiger partial charge >= 0.3 is 5.97 Å². The molecule has 0 amide bonds. The molecular weight excluding hydrogens is 356 g/mol. The number of carboxylic acids is 1. The second-order valence-corrected chi connectivity index (χ2v) is 6.71. The number of hydrogen-bond acceptors (Lipinski definition) is 4. The van der Waals surface area contributed by atoms with Gasteiger partial charge in [0.25, 0.3) is 0 Å². The van der Waals surface area contributed by atoms with Gasteiger partial charge in [-0.2, -0.15) is 0 Å². The van der Waals surface area contributed by atoms with Crippen molar-refractivity contribution >= 4 is 22.5 Å². The number of fused-ring (bicyclic) bond motifs is 1. The molecule has 5 nitrogen and oxygen atoms in total. The summed E-state index contributed by atoms with van der Waals surface area (Å²) in [7, 11) is 0. The first kappa shape index (κ1) is 19.6. The molecule has 3 aromatic rings. The van der Waals surface area contributed by atoms with E-state index in [1.165, 1.54) is 0 Å². The SMILES string of the molecule is O=C(O)CCC(O)COc1ccc2ccc(C(=O)Cc3ccccc3)cc2c1. The summed E-state index contributed by atoms with van der Waals surface area (Å²) in [5, 5.41) is 20.3. The average Bonchev–Trinajstić information content (AvgIpc) is 2.70. The van der Waals surface area contributed by atoms with Crippen molar-refractivity contribution < 1.29 is 24.5 Å². The highest BCUT2D eigenvalue weighted by Gasteiger charge is 2.10. The summed E-state index contributed by atoms with van der Waals surface area (Å²) in [4.78, 5) is 23.1. The van der Waals surface area contributed by atoms with Crippen LogP contribution in [-0.2, 0) is 11.2 Å². The van der Waals surface area contributed by atoms with Gasteiger partial charge in [0.05, 0.1) is 6.10 Å². The Morgan fingerprint density at radius 1 is 0.929 bits per heavy atom. The molecule has 0 aliphatic heterocycles. The number of carboxylic acid groups (broad SMARTS) is 1. The molecule has 1 unspecified atom stereocenters. The summed E-state index contributed by atoms with van der Waals surface area (Å²) in [5.74, 6) is -0.337. The fourth-order valence-electron chi connectivity index (χ4n) is 2.94. The van der Waals surface area contributed by atoms with E-state index >= 15 is 0 Å². The van der Waals surface area contributed by atoms with Gasteiger partial charge in [-0.05, 0) is 41.0 Å². The Balaban J connectivity index is 1.68. The topological polar surface area (TPSA) is 83.8 Å².